The van der Waals surface area contributed by atoms with Crippen LogP contribution in [0, 0.1) is 0 Å². The number of esters is 1. The van der Waals surface area contributed by atoms with Crippen molar-refractivity contribution in [2.75, 3.05) is 12.8 Å². The first kappa shape index (κ1) is 16.8. The number of anilines is 1. The molecule has 0 aromatic heterocycles. The van der Waals surface area contributed by atoms with E-state index < -0.39 is 12.1 Å². The summed E-state index contributed by atoms with van der Waals surface area (Å²) >= 11 is 0. The number of rotatable bonds is 6. The number of nitrogens with one attached hydrogen (secondary N) is 1. The van der Waals surface area contributed by atoms with E-state index in [2.05, 4.69) is 10.1 Å². The molecule has 1 aromatic rings. The maximum atomic E-state index is 12.0. The fourth-order valence-corrected chi connectivity index (χ4v) is 1.63. The molecule has 0 radical (unpaired) electrons. The summed E-state index contributed by atoms with van der Waals surface area (Å²) in [6.07, 6.45) is 0.0966. The van der Waals surface area contributed by atoms with Gasteiger partial charge < -0.3 is 20.5 Å². The number of hydrogen-bond acceptors (Lipinski definition) is 5. The molecule has 0 aliphatic heterocycles. The molecule has 6 nitrogen and oxygen atoms in total. The van der Waals surface area contributed by atoms with Crippen LogP contribution in [0.3, 0.4) is 0 Å². The van der Waals surface area contributed by atoms with E-state index in [0.717, 1.165) is 6.42 Å². The van der Waals surface area contributed by atoms with E-state index in [-0.39, 0.29) is 23.3 Å². The van der Waals surface area contributed by atoms with Crippen LogP contribution in [-0.4, -0.2) is 31.1 Å². The van der Waals surface area contributed by atoms with Crippen LogP contribution in [0.4, 0.5) is 5.69 Å². The Balaban J connectivity index is 2.87. The predicted octanol–water partition coefficient (Wildman–Crippen LogP) is 1.74. The van der Waals surface area contributed by atoms with Crippen molar-refractivity contribution >= 4 is 17.6 Å². The maximum Gasteiger partial charge on any atom is 0.341 e. The van der Waals surface area contributed by atoms with Gasteiger partial charge in [0.1, 0.15) is 11.3 Å². The van der Waals surface area contributed by atoms with Gasteiger partial charge in [-0.25, -0.2) is 4.79 Å². The highest BCUT2D eigenvalue weighted by Crippen LogP contribution is 2.23. The third-order valence-corrected chi connectivity index (χ3v) is 3.08. The van der Waals surface area contributed by atoms with Gasteiger partial charge in [-0.2, -0.15) is 0 Å². The molecule has 0 saturated heterocycles. The molecule has 0 heterocycles. The van der Waals surface area contributed by atoms with Crippen LogP contribution in [0.15, 0.2) is 18.2 Å². The summed E-state index contributed by atoms with van der Waals surface area (Å²) in [6.45, 7) is 5.51. The molecule has 0 aliphatic carbocycles. The van der Waals surface area contributed by atoms with Crippen LogP contribution in [0.2, 0.25) is 0 Å². The molecule has 2 unspecified atom stereocenters. The van der Waals surface area contributed by atoms with Crippen molar-refractivity contribution in [2.24, 2.45) is 0 Å². The average molecular weight is 294 g/mol. The standard InChI is InChI=1S/C15H22N2O4/c1-5-9(2)17-14(18)10(3)21-13-7-6-11(16)8-12(13)15(19)20-4/h6-10H,5,16H2,1-4H3,(H,17,18). The van der Waals surface area contributed by atoms with E-state index in [0.29, 0.717) is 5.69 Å². The minimum absolute atomic E-state index is 0.0649. The average Bonchev–Trinajstić information content (AvgIpc) is 2.47. The Bertz CT molecular complexity index is 516. The van der Waals surface area contributed by atoms with Gasteiger partial charge in [0.25, 0.3) is 5.91 Å². The summed E-state index contributed by atoms with van der Waals surface area (Å²) in [7, 11) is 1.27. The number of nitrogens with two attached hydrogens (primary N) is 1. The van der Waals surface area contributed by atoms with E-state index in [1.165, 1.54) is 13.2 Å². The van der Waals surface area contributed by atoms with Crippen LogP contribution < -0.4 is 15.8 Å². The molecule has 21 heavy (non-hydrogen) atoms. The topological polar surface area (TPSA) is 90.6 Å². The molecule has 1 aromatic carbocycles. The highest BCUT2D eigenvalue weighted by molar-refractivity contribution is 5.93. The fourth-order valence-electron chi connectivity index (χ4n) is 1.63. The summed E-state index contributed by atoms with van der Waals surface area (Å²) in [6, 6.07) is 4.67. The van der Waals surface area contributed by atoms with Gasteiger partial charge in [0.05, 0.1) is 7.11 Å². The summed E-state index contributed by atoms with van der Waals surface area (Å²) < 4.78 is 10.2. The second-order valence-corrected chi connectivity index (χ2v) is 4.83. The highest BCUT2D eigenvalue weighted by Gasteiger charge is 2.20. The molecule has 0 aliphatic rings. The molecule has 1 amide bonds. The monoisotopic (exact) mass is 294 g/mol. The van der Waals surface area contributed by atoms with E-state index in [4.69, 9.17) is 10.5 Å². The number of ether oxygens (including phenoxy) is 2. The number of nitrogen functional groups attached to an aromatic ring is 1. The number of methoxy groups -OCH3 is 1. The number of carbonyl (C=O) groups excluding carboxylic acids is 2. The summed E-state index contributed by atoms with van der Waals surface area (Å²) in [5.41, 5.74) is 6.26. The second-order valence-electron chi connectivity index (χ2n) is 4.83. The van der Waals surface area contributed by atoms with Crippen LogP contribution >= 0.6 is 0 Å². The molecular formula is C15H22N2O4. The van der Waals surface area contributed by atoms with E-state index in [9.17, 15) is 9.59 Å². The van der Waals surface area contributed by atoms with E-state index in [1.807, 2.05) is 13.8 Å². The van der Waals surface area contributed by atoms with Crippen LogP contribution in [0.1, 0.15) is 37.6 Å². The minimum Gasteiger partial charge on any atom is -0.480 e. The molecule has 0 spiro atoms. The van der Waals surface area contributed by atoms with Gasteiger partial charge in [-0.3, -0.25) is 4.79 Å². The van der Waals surface area contributed by atoms with Gasteiger partial charge >= 0.3 is 5.97 Å². The van der Waals surface area contributed by atoms with Crippen molar-refractivity contribution in [3.63, 3.8) is 0 Å². The molecule has 0 fully saturated rings. The Morgan fingerprint density at radius 1 is 1.33 bits per heavy atom. The number of hydrogen-bond donors (Lipinski definition) is 2. The Morgan fingerprint density at radius 3 is 2.57 bits per heavy atom. The Labute approximate surface area is 124 Å². The summed E-state index contributed by atoms with van der Waals surface area (Å²) in [5, 5.41) is 2.82. The maximum absolute atomic E-state index is 12.0. The fraction of sp³-hybridized carbons (Fsp3) is 0.467. The van der Waals surface area contributed by atoms with Gasteiger partial charge in [-0.1, -0.05) is 6.92 Å². The lowest BCUT2D eigenvalue weighted by Crippen LogP contribution is -2.41. The lowest BCUT2D eigenvalue weighted by Gasteiger charge is -2.19. The first-order valence-corrected chi connectivity index (χ1v) is 6.83. The third kappa shape index (κ3) is 4.66. The van der Waals surface area contributed by atoms with Crippen molar-refractivity contribution in [3.8, 4) is 5.75 Å². The molecule has 116 valence electrons. The van der Waals surface area contributed by atoms with Crippen molar-refractivity contribution in [3.05, 3.63) is 23.8 Å². The first-order valence-electron chi connectivity index (χ1n) is 6.83. The van der Waals surface area contributed by atoms with Crippen LogP contribution in [0.25, 0.3) is 0 Å². The molecule has 2 atom stereocenters. The molecule has 1 rings (SSSR count). The first-order chi connectivity index (χ1) is 9.88. The Morgan fingerprint density at radius 2 is 2.00 bits per heavy atom. The van der Waals surface area contributed by atoms with Crippen molar-refractivity contribution in [2.45, 2.75) is 39.3 Å². The lowest BCUT2D eigenvalue weighted by molar-refractivity contribution is -0.127. The second kappa shape index (κ2) is 7.52. The zero-order valence-electron chi connectivity index (χ0n) is 12.8. The van der Waals surface area contributed by atoms with E-state index in [1.54, 1.807) is 19.1 Å². The van der Waals surface area contributed by atoms with Crippen molar-refractivity contribution in [1.82, 2.24) is 5.32 Å². The van der Waals surface area contributed by atoms with Crippen LogP contribution in [-0.2, 0) is 9.53 Å². The normalized spacial score (nSPS) is 13.1. The Kier molecular flexibility index (Phi) is 6.02. The molecule has 6 heteroatoms. The summed E-state index contributed by atoms with van der Waals surface area (Å²) in [5.74, 6) is -0.535. The minimum atomic E-state index is -0.731. The van der Waals surface area contributed by atoms with Gasteiger partial charge in [-0.05, 0) is 38.5 Å². The van der Waals surface area contributed by atoms with Gasteiger partial charge in [0.15, 0.2) is 6.10 Å². The highest BCUT2D eigenvalue weighted by atomic mass is 16.5. The van der Waals surface area contributed by atoms with Gasteiger partial charge in [0.2, 0.25) is 0 Å². The van der Waals surface area contributed by atoms with Crippen LogP contribution in [0.5, 0.6) is 5.75 Å². The zero-order chi connectivity index (χ0) is 16.0. The van der Waals surface area contributed by atoms with Gasteiger partial charge in [-0.15, -0.1) is 0 Å². The molecule has 0 bridgehead atoms. The molecule has 0 saturated carbocycles. The number of benzene rings is 1. The predicted molar refractivity (Wildman–Crippen MR) is 80.2 cm³/mol. The van der Waals surface area contributed by atoms with Crippen molar-refractivity contribution < 1.29 is 19.1 Å². The summed E-state index contributed by atoms with van der Waals surface area (Å²) in [4.78, 5) is 23.7. The molecule has 3 N–H and O–H groups in total. The van der Waals surface area contributed by atoms with E-state index >= 15 is 0 Å². The molecular weight excluding hydrogens is 272 g/mol. The number of carbonyl (C=O) groups is 2. The Hall–Kier alpha value is -2.24. The smallest absolute Gasteiger partial charge is 0.341 e. The van der Waals surface area contributed by atoms with Crippen molar-refractivity contribution in [1.29, 1.82) is 0 Å². The van der Waals surface area contributed by atoms with Gasteiger partial charge in [0, 0.05) is 11.7 Å². The lowest BCUT2D eigenvalue weighted by atomic mass is 10.1. The quantitative estimate of drug-likeness (QED) is 0.616. The third-order valence-electron chi connectivity index (χ3n) is 3.08. The number of amides is 1. The largest absolute Gasteiger partial charge is 0.480 e. The zero-order valence-corrected chi connectivity index (χ0v) is 12.8. The SMILES string of the molecule is CCC(C)NC(=O)C(C)Oc1ccc(N)cc1C(=O)OC.